The van der Waals surface area contributed by atoms with E-state index in [4.69, 9.17) is 4.74 Å². The summed E-state index contributed by atoms with van der Waals surface area (Å²) in [6.07, 6.45) is 0.303. The molecular weight excluding hydrogens is 340 g/mol. The van der Waals surface area contributed by atoms with E-state index in [2.05, 4.69) is 24.5 Å². The molecule has 0 aliphatic carbocycles. The summed E-state index contributed by atoms with van der Waals surface area (Å²) in [5.74, 6) is 1.03. The van der Waals surface area contributed by atoms with Crippen molar-refractivity contribution in [3.05, 3.63) is 65.2 Å². The Morgan fingerprint density at radius 3 is 2.15 bits per heavy atom. The molecule has 27 heavy (non-hydrogen) atoms. The molecule has 2 rings (SSSR count). The first-order chi connectivity index (χ1) is 13.0. The number of ether oxygens (including phenoxy) is 1. The summed E-state index contributed by atoms with van der Waals surface area (Å²) in [7, 11) is 0. The van der Waals surface area contributed by atoms with E-state index in [1.54, 1.807) is 0 Å². The van der Waals surface area contributed by atoms with Crippen molar-refractivity contribution in [2.45, 2.75) is 33.1 Å². The molecule has 0 aromatic heterocycles. The van der Waals surface area contributed by atoms with Crippen LogP contribution in [0.2, 0.25) is 0 Å². The molecule has 0 fully saturated rings. The zero-order valence-electron chi connectivity index (χ0n) is 16.2. The van der Waals surface area contributed by atoms with Crippen LogP contribution in [0, 0.1) is 0 Å². The van der Waals surface area contributed by atoms with Crippen LogP contribution in [0.3, 0.4) is 0 Å². The summed E-state index contributed by atoms with van der Waals surface area (Å²) < 4.78 is 5.38. The van der Waals surface area contributed by atoms with E-state index in [0.29, 0.717) is 37.6 Å². The molecule has 0 aliphatic rings. The second kappa shape index (κ2) is 10.4. The summed E-state index contributed by atoms with van der Waals surface area (Å²) in [5.41, 5.74) is 2.75. The van der Waals surface area contributed by atoms with Crippen LogP contribution >= 0.6 is 0 Å². The van der Waals surface area contributed by atoms with Crippen LogP contribution in [-0.4, -0.2) is 31.5 Å². The Morgan fingerprint density at radius 1 is 0.926 bits per heavy atom. The smallest absolute Gasteiger partial charge is 0.251 e. The van der Waals surface area contributed by atoms with Crippen molar-refractivity contribution < 1.29 is 14.3 Å². The Hall–Kier alpha value is -2.82. The number of hydrogen-bond donors (Lipinski definition) is 2. The van der Waals surface area contributed by atoms with E-state index in [-0.39, 0.29) is 11.8 Å². The molecule has 2 N–H and O–H groups in total. The van der Waals surface area contributed by atoms with Gasteiger partial charge in [-0.25, -0.2) is 0 Å². The number of amides is 2. The van der Waals surface area contributed by atoms with Crippen LogP contribution in [-0.2, 0) is 11.2 Å². The van der Waals surface area contributed by atoms with E-state index in [9.17, 15) is 9.59 Å². The lowest BCUT2D eigenvalue weighted by atomic mass is 10.0. The zero-order valence-corrected chi connectivity index (χ0v) is 16.2. The normalized spacial score (nSPS) is 10.5. The monoisotopic (exact) mass is 368 g/mol. The summed E-state index contributed by atoms with van der Waals surface area (Å²) >= 11 is 0. The van der Waals surface area contributed by atoms with Crippen molar-refractivity contribution in [2.24, 2.45) is 0 Å². The Balaban J connectivity index is 1.69. The number of rotatable bonds is 9. The van der Waals surface area contributed by atoms with Gasteiger partial charge >= 0.3 is 0 Å². The maximum absolute atomic E-state index is 12.1. The number of nitrogens with one attached hydrogen (secondary N) is 2. The highest BCUT2D eigenvalue weighted by atomic mass is 16.5. The fourth-order valence-corrected chi connectivity index (χ4v) is 2.62. The van der Waals surface area contributed by atoms with E-state index in [1.165, 1.54) is 5.56 Å². The molecule has 0 heterocycles. The molecule has 0 saturated carbocycles. The van der Waals surface area contributed by atoms with E-state index >= 15 is 0 Å². The summed E-state index contributed by atoms with van der Waals surface area (Å²) in [4.78, 5) is 24.1. The highest BCUT2D eigenvalue weighted by molar-refractivity contribution is 5.94. The van der Waals surface area contributed by atoms with Crippen LogP contribution in [0.1, 0.15) is 48.2 Å². The third kappa shape index (κ3) is 6.77. The van der Waals surface area contributed by atoms with Crippen molar-refractivity contribution in [2.75, 3.05) is 19.7 Å². The molecule has 2 aromatic carbocycles. The number of benzene rings is 2. The quantitative estimate of drug-likeness (QED) is 0.668. The number of carbonyl (C=O) groups excluding carboxylic acids is 2. The first-order valence-electron chi connectivity index (χ1n) is 9.36. The molecule has 144 valence electrons. The second-order valence-corrected chi connectivity index (χ2v) is 6.64. The third-order valence-electron chi connectivity index (χ3n) is 4.17. The van der Waals surface area contributed by atoms with Gasteiger partial charge in [-0.15, -0.1) is 0 Å². The lowest BCUT2D eigenvalue weighted by Gasteiger charge is -2.09. The minimum absolute atomic E-state index is 0.0744. The van der Waals surface area contributed by atoms with Crippen LogP contribution in [0.5, 0.6) is 5.75 Å². The fourth-order valence-electron chi connectivity index (χ4n) is 2.62. The van der Waals surface area contributed by atoms with Gasteiger partial charge in [0.25, 0.3) is 5.91 Å². The first kappa shape index (κ1) is 20.5. The molecule has 0 spiro atoms. The average molecular weight is 368 g/mol. The predicted molar refractivity (Wildman–Crippen MR) is 107 cm³/mol. The zero-order chi connectivity index (χ0) is 19.6. The van der Waals surface area contributed by atoms with Gasteiger partial charge in [0.05, 0.1) is 13.0 Å². The highest BCUT2D eigenvalue weighted by Crippen LogP contribution is 2.14. The molecule has 0 atom stereocenters. The standard InChI is InChI=1S/C22H28N2O3/c1-4-27-20-11-5-17(6-12-20)15-21(25)23-13-14-24-22(26)19-9-7-18(8-10-19)16(2)3/h5-12,16H,4,13-15H2,1-3H3,(H,23,25)(H,24,26). The maximum Gasteiger partial charge on any atom is 0.251 e. The average Bonchev–Trinajstić information content (AvgIpc) is 2.67. The van der Waals surface area contributed by atoms with E-state index in [1.807, 2.05) is 55.5 Å². The largest absolute Gasteiger partial charge is 0.494 e. The maximum atomic E-state index is 12.1. The molecular formula is C22H28N2O3. The molecule has 5 nitrogen and oxygen atoms in total. The predicted octanol–water partition coefficient (Wildman–Crippen LogP) is 3.30. The minimum Gasteiger partial charge on any atom is -0.494 e. The molecule has 0 bridgehead atoms. The molecule has 0 aliphatic heterocycles. The molecule has 0 saturated heterocycles. The lowest BCUT2D eigenvalue weighted by molar-refractivity contribution is -0.120. The van der Waals surface area contributed by atoms with Gasteiger partial charge in [-0.3, -0.25) is 9.59 Å². The number of carbonyl (C=O) groups is 2. The molecule has 0 radical (unpaired) electrons. The Labute approximate surface area is 161 Å². The lowest BCUT2D eigenvalue weighted by Crippen LogP contribution is -2.35. The van der Waals surface area contributed by atoms with Crippen molar-refractivity contribution in [3.8, 4) is 5.75 Å². The van der Waals surface area contributed by atoms with Crippen LogP contribution in [0.25, 0.3) is 0 Å². The molecule has 5 heteroatoms. The minimum atomic E-state index is -0.133. The van der Waals surface area contributed by atoms with Gasteiger partial charge in [0.15, 0.2) is 0 Å². The van der Waals surface area contributed by atoms with E-state index < -0.39 is 0 Å². The van der Waals surface area contributed by atoms with Crippen molar-refractivity contribution >= 4 is 11.8 Å². The van der Waals surface area contributed by atoms with E-state index in [0.717, 1.165) is 11.3 Å². The van der Waals surface area contributed by atoms with Gasteiger partial charge in [0, 0.05) is 18.7 Å². The number of hydrogen-bond acceptors (Lipinski definition) is 3. The second-order valence-electron chi connectivity index (χ2n) is 6.64. The third-order valence-corrected chi connectivity index (χ3v) is 4.17. The summed E-state index contributed by atoms with van der Waals surface area (Å²) in [6.45, 7) is 7.57. The van der Waals surface area contributed by atoms with Crippen molar-refractivity contribution in [1.29, 1.82) is 0 Å². The SMILES string of the molecule is CCOc1ccc(CC(=O)NCCNC(=O)c2ccc(C(C)C)cc2)cc1. The van der Waals surface area contributed by atoms with Gasteiger partial charge in [0.2, 0.25) is 5.91 Å². The fraction of sp³-hybridized carbons (Fsp3) is 0.364. The molecule has 2 aromatic rings. The van der Waals surface area contributed by atoms with Crippen LogP contribution in [0.4, 0.5) is 0 Å². The summed E-state index contributed by atoms with van der Waals surface area (Å²) in [6, 6.07) is 15.1. The Kier molecular flexibility index (Phi) is 7.86. The van der Waals surface area contributed by atoms with Gasteiger partial charge < -0.3 is 15.4 Å². The Morgan fingerprint density at radius 2 is 1.56 bits per heavy atom. The molecule has 0 unspecified atom stereocenters. The Bertz CT molecular complexity index is 737. The highest BCUT2D eigenvalue weighted by Gasteiger charge is 2.07. The van der Waals surface area contributed by atoms with Gasteiger partial charge in [0.1, 0.15) is 5.75 Å². The topological polar surface area (TPSA) is 67.4 Å². The van der Waals surface area contributed by atoms with Gasteiger partial charge in [-0.05, 0) is 48.2 Å². The van der Waals surface area contributed by atoms with Crippen LogP contribution < -0.4 is 15.4 Å². The van der Waals surface area contributed by atoms with Gasteiger partial charge in [-0.2, -0.15) is 0 Å². The molecule has 2 amide bonds. The van der Waals surface area contributed by atoms with Crippen LogP contribution in [0.15, 0.2) is 48.5 Å². The van der Waals surface area contributed by atoms with Crippen molar-refractivity contribution in [3.63, 3.8) is 0 Å². The first-order valence-corrected chi connectivity index (χ1v) is 9.36. The van der Waals surface area contributed by atoms with Crippen molar-refractivity contribution in [1.82, 2.24) is 10.6 Å². The van der Waals surface area contributed by atoms with Gasteiger partial charge in [-0.1, -0.05) is 38.1 Å². The summed E-state index contributed by atoms with van der Waals surface area (Å²) in [5, 5.41) is 5.64.